The lowest BCUT2D eigenvalue weighted by atomic mass is 9.95. The second-order valence-corrected chi connectivity index (χ2v) is 10.4. The number of hydrogen-bond donors (Lipinski definition) is 3. The Kier molecular flexibility index (Phi) is 5.15. The summed E-state index contributed by atoms with van der Waals surface area (Å²) in [6, 6.07) is 12.1. The molecule has 0 spiro atoms. The molecule has 0 atom stereocenters. The van der Waals surface area contributed by atoms with Crippen LogP contribution in [0, 0.1) is 5.41 Å². The van der Waals surface area contributed by atoms with E-state index in [0.29, 0.717) is 17.2 Å². The van der Waals surface area contributed by atoms with Crippen LogP contribution in [0.2, 0.25) is 0 Å². The molecule has 0 radical (unpaired) electrons. The van der Waals surface area contributed by atoms with Gasteiger partial charge >= 0.3 is 0 Å². The number of para-hydroxylation sites is 1. The molecule has 178 valence electrons. The summed E-state index contributed by atoms with van der Waals surface area (Å²) in [5.74, 6) is 0.623. The monoisotopic (exact) mass is 493 g/mol. The molecule has 3 N–H and O–H groups in total. The first kappa shape index (κ1) is 22.1. The lowest BCUT2D eigenvalue weighted by Crippen LogP contribution is -2.27. The molecule has 6 aromatic rings. The Morgan fingerprint density at radius 1 is 1.03 bits per heavy atom. The van der Waals surface area contributed by atoms with E-state index in [-0.39, 0.29) is 5.91 Å². The summed E-state index contributed by atoms with van der Waals surface area (Å²) < 4.78 is 0. The number of aromatic nitrogens is 6. The average Bonchev–Trinajstić information content (AvgIpc) is 3.62. The summed E-state index contributed by atoms with van der Waals surface area (Å²) in [7, 11) is 0. The van der Waals surface area contributed by atoms with Crippen molar-refractivity contribution in [2.45, 2.75) is 20.8 Å². The smallest absolute Gasteiger partial charge is 0.229 e. The third-order valence-electron chi connectivity index (χ3n) is 6.00. The fraction of sp³-hybridized carbons (Fsp3) is 0.148. The van der Waals surface area contributed by atoms with Crippen molar-refractivity contribution in [1.82, 2.24) is 30.1 Å². The Balaban J connectivity index is 1.40. The predicted molar refractivity (Wildman–Crippen MR) is 144 cm³/mol. The van der Waals surface area contributed by atoms with Crippen molar-refractivity contribution in [2.24, 2.45) is 5.41 Å². The lowest BCUT2D eigenvalue weighted by molar-refractivity contribution is -0.123. The minimum Gasteiger partial charge on any atom is -0.337 e. The maximum Gasteiger partial charge on any atom is 0.229 e. The summed E-state index contributed by atoms with van der Waals surface area (Å²) in [6.45, 7) is 5.62. The molecule has 0 bridgehead atoms. The fourth-order valence-electron chi connectivity index (χ4n) is 4.02. The highest BCUT2D eigenvalue weighted by Gasteiger charge is 2.21. The highest BCUT2D eigenvalue weighted by atomic mass is 32.1. The number of nitrogens with one attached hydrogen (secondary N) is 3. The molecular weight excluding hydrogens is 470 g/mol. The summed E-state index contributed by atoms with van der Waals surface area (Å²) in [6.07, 6.45) is 5.15. The van der Waals surface area contributed by atoms with Crippen LogP contribution in [0.15, 0.2) is 65.7 Å². The second kappa shape index (κ2) is 8.39. The van der Waals surface area contributed by atoms with Crippen LogP contribution < -0.4 is 5.32 Å². The number of carbonyl (C=O) groups is 1. The summed E-state index contributed by atoms with van der Waals surface area (Å²) >= 11 is 1.66. The number of benzene rings is 1. The quantitative estimate of drug-likeness (QED) is 0.268. The van der Waals surface area contributed by atoms with Gasteiger partial charge in [0.15, 0.2) is 11.5 Å². The van der Waals surface area contributed by atoms with Crippen LogP contribution >= 0.6 is 11.3 Å². The van der Waals surface area contributed by atoms with Crippen LogP contribution in [-0.2, 0) is 4.79 Å². The summed E-state index contributed by atoms with van der Waals surface area (Å²) in [5.41, 5.74) is 7.28. The molecule has 36 heavy (non-hydrogen) atoms. The minimum absolute atomic E-state index is 0.0705. The fourth-order valence-corrected chi connectivity index (χ4v) is 4.68. The Morgan fingerprint density at radius 2 is 1.89 bits per heavy atom. The SMILES string of the molecule is CC(C)(C)C(=O)Nc1cncc(-c2cnc3n[nH]c(-c4nc5c(-c6ccsc6)cccc5[nH]4)c3c2)c1. The number of nitrogens with zero attached hydrogens (tertiary/aromatic N) is 4. The van der Waals surface area contributed by atoms with Crippen molar-refractivity contribution in [3.05, 3.63) is 65.7 Å². The molecule has 1 aromatic carbocycles. The topological polar surface area (TPSA) is 112 Å². The van der Waals surface area contributed by atoms with Crippen LogP contribution in [0.4, 0.5) is 5.69 Å². The van der Waals surface area contributed by atoms with Crippen molar-refractivity contribution in [2.75, 3.05) is 5.32 Å². The molecule has 8 nitrogen and oxygen atoms in total. The first-order chi connectivity index (χ1) is 17.4. The van der Waals surface area contributed by atoms with Crippen LogP contribution in [0.3, 0.4) is 0 Å². The van der Waals surface area contributed by atoms with Crippen molar-refractivity contribution >= 4 is 45.0 Å². The van der Waals surface area contributed by atoms with E-state index in [1.807, 2.05) is 45.0 Å². The van der Waals surface area contributed by atoms with Crippen molar-refractivity contribution < 1.29 is 4.79 Å². The molecule has 0 fully saturated rings. The molecule has 0 saturated carbocycles. The maximum atomic E-state index is 12.4. The van der Waals surface area contributed by atoms with Gasteiger partial charge in [-0.15, -0.1) is 0 Å². The van der Waals surface area contributed by atoms with Gasteiger partial charge < -0.3 is 10.3 Å². The second-order valence-electron chi connectivity index (χ2n) is 9.66. The van der Waals surface area contributed by atoms with Crippen LogP contribution in [-0.4, -0.2) is 36.0 Å². The van der Waals surface area contributed by atoms with Crippen LogP contribution in [0.1, 0.15) is 20.8 Å². The minimum atomic E-state index is -0.502. The third-order valence-corrected chi connectivity index (χ3v) is 6.69. The number of thiophene rings is 1. The summed E-state index contributed by atoms with van der Waals surface area (Å²) in [5, 5.41) is 15.5. The van der Waals surface area contributed by atoms with E-state index in [1.165, 1.54) is 0 Å². The molecule has 0 aliphatic heterocycles. The number of hydrogen-bond acceptors (Lipinski definition) is 6. The standard InChI is InChI=1S/C27H23N7OS/c1-27(2,3)26(35)30-18-9-16(11-28-13-18)17-10-20-23(33-34-24(20)29-12-17)25-31-21-6-4-5-19(22(21)32-25)15-7-8-36-14-15/h4-14H,1-3H3,(H,30,35)(H,31,32)(H,29,33,34). The van der Waals surface area contributed by atoms with E-state index >= 15 is 0 Å². The van der Waals surface area contributed by atoms with Crippen LogP contribution in [0.5, 0.6) is 0 Å². The van der Waals surface area contributed by atoms with Gasteiger partial charge in [0.25, 0.3) is 0 Å². The van der Waals surface area contributed by atoms with Gasteiger partial charge in [-0.2, -0.15) is 16.4 Å². The van der Waals surface area contributed by atoms with Gasteiger partial charge in [-0.3, -0.25) is 14.9 Å². The van der Waals surface area contributed by atoms with Crippen molar-refractivity contribution in [3.63, 3.8) is 0 Å². The van der Waals surface area contributed by atoms with Gasteiger partial charge in [0.1, 0.15) is 5.69 Å². The van der Waals surface area contributed by atoms with E-state index in [0.717, 1.165) is 44.4 Å². The van der Waals surface area contributed by atoms with Gasteiger partial charge in [-0.05, 0) is 40.6 Å². The molecule has 5 heterocycles. The molecule has 0 unspecified atom stereocenters. The first-order valence-corrected chi connectivity index (χ1v) is 12.4. The van der Waals surface area contributed by atoms with Gasteiger partial charge in [0, 0.05) is 34.5 Å². The summed E-state index contributed by atoms with van der Waals surface area (Å²) in [4.78, 5) is 29.6. The van der Waals surface area contributed by atoms with E-state index in [2.05, 4.69) is 53.4 Å². The largest absolute Gasteiger partial charge is 0.337 e. The Bertz CT molecular complexity index is 1720. The van der Waals surface area contributed by atoms with Crippen LogP contribution in [0.25, 0.3) is 55.8 Å². The molecule has 0 saturated heterocycles. The van der Waals surface area contributed by atoms with E-state index in [1.54, 1.807) is 29.9 Å². The van der Waals surface area contributed by atoms with Crippen molar-refractivity contribution in [3.8, 4) is 33.8 Å². The zero-order valence-corrected chi connectivity index (χ0v) is 20.8. The van der Waals surface area contributed by atoms with Crippen molar-refractivity contribution in [1.29, 1.82) is 0 Å². The number of aromatic amines is 2. The number of fused-ring (bicyclic) bond motifs is 2. The molecule has 9 heteroatoms. The number of carbonyl (C=O) groups excluding carboxylic acids is 1. The normalized spacial score (nSPS) is 11.9. The van der Waals surface area contributed by atoms with Gasteiger partial charge in [0.05, 0.1) is 28.3 Å². The van der Waals surface area contributed by atoms with Gasteiger partial charge in [-0.25, -0.2) is 9.97 Å². The highest BCUT2D eigenvalue weighted by Crippen LogP contribution is 2.33. The molecule has 0 aliphatic carbocycles. The third kappa shape index (κ3) is 3.93. The van der Waals surface area contributed by atoms with E-state index in [9.17, 15) is 4.79 Å². The molecule has 6 rings (SSSR count). The predicted octanol–water partition coefficient (Wildman–Crippen LogP) is 6.28. The number of imidazole rings is 1. The maximum absolute atomic E-state index is 12.4. The molecule has 0 aliphatic rings. The molecule has 5 aromatic heterocycles. The molecular formula is C27H23N7OS. The Hall–Kier alpha value is -4.37. The number of H-pyrrole nitrogens is 2. The first-order valence-electron chi connectivity index (χ1n) is 11.5. The Morgan fingerprint density at radius 3 is 2.69 bits per heavy atom. The molecule has 1 amide bonds. The van der Waals surface area contributed by atoms with Gasteiger partial charge in [-0.1, -0.05) is 32.9 Å². The number of rotatable bonds is 4. The average molecular weight is 494 g/mol. The van der Waals surface area contributed by atoms with E-state index < -0.39 is 5.41 Å². The Labute approximate surface area is 210 Å². The van der Waals surface area contributed by atoms with E-state index in [4.69, 9.17) is 4.98 Å². The number of pyridine rings is 2. The lowest BCUT2D eigenvalue weighted by Gasteiger charge is -2.17. The number of anilines is 1. The highest BCUT2D eigenvalue weighted by molar-refractivity contribution is 7.08. The zero-order valence-electron chi connectivity index (χ0n) is 20.0. The number of amides is 1. The zero-order chi connectivity index (χ0) is 24.9. The van der Waals surface area contributed by atoms with Gasteiger partial charge in [0.2, 0.25) is 5.91 Å².